The zero-order chi connectivity index (χ0) is 19.3. The minimum absolute atomic E-state index is 0.225. The van der Waals surface area contributed by atoms with E-state index in [1.54, 1.807) is 6.26 Å². The van der Waals surface area contributed by atoms with Crippen molar-refractivity contribution in [2.75, 3.05) is 5.75 Å². The van der Waals surface area contributed by atoms with Crippen molar-refractivity contribution in [2.24, 2.45) is 0 Å². The second-order valence-electron chi connectivity index (χ2n) is 7.94. The molecule has 0 unspecified atom stereocenters. The number of rotatable bonds is 6. The summed E-state index contributed by atoms with van der Waals surface area (Å²) in [5.74, 6) is 1.77. The minimum atomic E-state index is 0.225. The second-order valence-corrected chi connectivity index (χ2v) is 8.86. The third kappa shape index (κ3) is 4.45. The summed E-state index contributed by atoms with van der Waals surface area (Å²) in [6.45, 7) is 1.86. The number of hydrogen-bond donors (Lipinski definition) is 0. The fourth-order valence-corrected chi connectivity index (χ4v) is 5.24. The number of nitrogens with zero attached hydrogens (tertiary/aromatic N) is 3. The molecule has 28 heavy (non-hydrogen) atoms. The topological polar surface area (TPSA) is 72.4 Å². The molecule has 0 aliphatic heterocycles. The molecule has 6 nitrogen and oxygen atoms in total. The largest absolute Gasteiger partial charge is 0.469 e. The predicted molar refractivity (Wildman–Crippen MR) is 108 cm³/mol. The Kier molecular flexibility index (Phi) is 6.40. The number of aryl methyl sites for hydroxylation is 1. The van der Waals surface area contributed by atoms with E-state index >= 15 is 0 Å². The molecule has 152 valence electrons. The maximum Gasteiger partial charge on any atom is 0.277 e. The number of carbonyl (C=O) groups is 1. The van der Waals surface area contributed by atoms with E-state index in [4.69, 9.17) is 8.83 Å². The molecule has 0 atom stereocenters. The van der Waals surface area contributed by atoms with E-state index in [2.05, 4.69) is 15.1 Å². The molecule has 0 N–H and O–H groups in total. The molecule has 2 aromatic rings. The lowest BCUT2D eigenvalue weighted by molar-refractivity contribution is -0.135. The van der Waals surface area contributed by atoms with Gasteiger partial charge in [0.05, 0.1) is 17.6 Å². The van der Waals surface area contributed by atoms with E-state index in [0.29, 0.717) is 29.0 Å². The van der Waals surface area contributed by atoms with Crippen LogP contribution in [0.2, 0.25) is 0 Å². The molecule has 0 aromatic carbocycles. The molecular formula is C21H29N3O3S. The van der Waals surface area contributed by atoms with Crippen molar-refractivity contribution < 1.29 is 13.6 Å². The summed E-state index contributed by atoms with van der Waals surface area (Å²) in [5.41, 5.74) is 0.803. The third-order valence-corrected chi connectivity index (χ3v) is 6.84. The van der Waals surface area contributed by atoms with Crippen LogP contribution >= 0.6 is 11.8 Å². The van der Waals surface area contributed by atoms with Gasteiger partial charge in [-0.25, -0.2) is 0 Å². The Hall–Kier alpha value is -1.76. The summed E-state index contributed by atoms with van der Waals surface area (Å²) in [5, 5.41) is 8.64. The second kappa shape index (κ2) is 9.16. The average Bonchev–Trinajstić information content (AvgIpc) is 3.37. The van der Waals surface area contributed by atoms with Gasteiger partial charge in [-0.15, -0.1) is 10.2 Å². The van der Waals surface area contributed by atoms with Crippen molar-refractivity contribution in [3.8, 4) is 11.5 Å². The van der Waals surface area contributed by atoms with E-state index in [0.717, 1.165) is 37.0 Å². The Labute approximate surface area is 170 Å². The number of furan rings is 1. The molecule has 0 radical (unpaired) electrons. The van der Waals surface area contributed by atoms with Gasteiger partial charge in [-0.05, 0) is 38.7 Å². The third-order valence-electron chi connectivity index (χ3n) is 6.04. The van der Waals surface area contributed by atoms with Gasteiger partial charge in [0.25, 0.3) is 11.1 Å². The molecule has 7 heteroatoms. The minimum Gasteiger partial charge on any atom is -0.469 e. The Morgan fingerprint density at radius 3 is 2.29 bits per heavy atom. The number of thioether (sulfide) groups is 1. The van der Waals surface area contributed by atoms with Gasteiger partial charge in [0, 0.05) is 12.1 Å². The van der Waals surface area contributed by atoms with Crippen LogP contribution in [0.25, 0.3) is 11.5 Å². The van der Waals surface area contributed by atoms with Crippen molar-refractivity contribution in [1.29, 1.82) is 0 Å². The quantitative estimate of drug-likeness (QED) is 0.615. The highest BCUT2D eigenvalue weighted by Crippen LogP contribution is 2.32. The van der Waals surface area contributed by atoms with Crippen molar-refractivity contribution in [3.63, 3.8) is 0 Å². The Morgan fingerprint density at radius 1 is 1.07 bits per heavy atom. The maximum atomic E-state index is 13.2. The van der Waals surface area contributed by atoms with E-state index in [9.17, 15) is 4.79 Å². The number of carbonyl (C=O) groups excluding carboxylic acids is 1. The van der Waals surface area contributed by atoms with Crippen molar-refractivity contribution >= 4 is 17.7 Å². The molecule has 2 saturated carbocycles. The van der Waals surface area contributed by atoms with E-state index in [1.807, 2.05) is 13.0 Å². The normalized spacial score (nSPS) is 19.0. The summed E-state index contributed by atoms with van der Waals surface area (Å²) in [6.07, 6.45) is 13.8. The molecule has 2 aliphatic carbocycles. The maximum absolute atomic E-state index is 13.2. The Balaban J connectivity index is 1.41. The smallest absolute Gasteiger partial charge is 0.277 e. The number of aromatic nitrogens is 2. The van der Waals surface area contributed by atoms with Gasteiger partial charge < -0.3 is 13.7 Å². The van der Waals surface area contributed by atoms with Crippen molar-refractivity contribution in [1.82, 2.24) is 15.1 Å². The molecule has 0 spiro atoms. The molecule has 0 saturated heterocycles. The summed E-state index contributed by atoms with van der Waals surface area (Å²) in [7, 11) is 0. The van der Waals surface area contributed by atoms with Gasteiger partial charge >= 0.3 is 0 Å². The highest BCUT2D eigenvalue weighted by Gasteiger charge is 2.32. The molecular weight excluding hydrogens is 374 g/mol. The Morgan fingerprint density at radius 2 is 1.71 bits per heavy atom. The summed E-state index contributed by atoms with van der Waals surface area (Å²) >= 11 is 1.35. The molecule has 4 rings (SSSR count). The van der Waals surface area contributed by atoms with Crippen LogP contribution < -0.4 is 0 Å². The molecule has 2 fully saturated rings. The molecule has 2 aliphatic rings. The number of hydrogen-bond acceptors (Lipinski definition) is 6. The molecule has 2 aromatic heterocycles. The average molecular weight is 404 g/mol. The van der Waals surface area contributed by atoms with Gasteiger partial charge in [-0.2, -0.15) is 0 Å². The standard InChI is InChI=1S/C21H29N3O3S/c1-15-18(12-13-26-15)20-22-23-21(27-20)28-14-19(25)24(16-8-4-2-5-9-16)17-10-6-3-7-11-17/h12-13,16-17H,2-11,14H2,1H3. The first kappa shape index (κ1) is 19.6. The van der Waals surface area contributed by atoms with Crippen LogP contribution in [0.3, 0.4) is 0 Å². The lowest BCUT2D eigenvalue weighted by Crippen LogP contribution is -2.49. The van der Waals surface area contributed by atoms with E-state index < -0.39 is 0 Å². The van der Waals surface area contributed by atoms with Crippen LogP contribution in [0, 0.1) is 6.92 Å². The highest BCUT2D eigenvalue weighted by molar-refractivity contribution is 7.99. The molecule has 0 bridgehead atoms. The van der Waals surface area contributed by atoms with Crippen molar-refractivity contribution in [2.45, 2.75) is 88.4 Å². The number of amides is 1. The summed E-state index contributed by atoms with van der Waals surface area (Å²) in [4.78, 5) is 15.4. The fraction of sp³-hybridized carbons (Fsp3) is 0.667. The summed E-state index contributed by atoms with van der Waals surface area (Å²) in [6, 6.07) is 2.64. The zero-order valence-corrected chi connectivity index (χ0v) is 17.4. The van der Waals surface area contributed by atoms with Crippen LogP contribution in [-0.4, -0.2) is 38.8 Å². The van der Waals surface area contributed by atoms with Gasteiger partial charge in [-0.3, -0.25) is 4.79 Å². The predicted octanol–water partition coefficient (Wildman–Crippen LogP) is 5.22. The first-order valence-corrected chi connectivity index (χ1v) is 11.5. The fourth-order valence-electron chi connectivity index (χ4n) is 4.61. The van der Waals surface area contributed by atoms with E-state index in [1.165, 1.54) is 50.3 Å². The highest BCUT2D eigenvalue weighted by atomic mass is 32.2. The first-order chi connectivity index (χ1) is 13.7. The van der Waals surface area contributed by atoms with Crippen molar-refractivity contribution in [3.05, 3.63) is 18.1 Å². The van der Waals surface area contributed by atoms with Crippen LogP contribution in [0.1, 0.15) is 70.0 Å². The SMILES string of the molecule is Cc1occc1-c1nnc(SCC(=O)N(C2CCCCC2)C2CCCCC2)o1. The lowest BCUT2D eigenvalue weighted by Gasteiger charge is -2.41. The zero-order valence-electron chi connectivity index (χ0n) is 16.6. The molecule has 1 amide bonds. The van der Waals surface area contributed by atoms with Crippen LogP contribution in [0.15, 0.2) is 26.4 Å². The van der Waals surface area contributed by atoms with Gasteiger partial charge in [0.2, 0.25) is 5.91 Å². The van der Waals surface area contributed by atoms with Gasteiger partial charge in [0.15, 0.2) is 0 Å². The van der Waals surface area contributed by atoms with Gasteiger partial charge in [0.1, 0.15) is 5.76 Å². The monoisotopic (exact) mass is 403 g/mol. The first-order valence-electron chi connectivity index (χ1n) is 10.5. The lowest BCUT2D eigenvalue weighted by atomic mass is 9.88. The van der Waals surface area contributed by atoms with Crippen LogP contribution in [-0.2, 0) is 4.79 Å². The van der Waals surface area contributed by atoms with Crippen LogP contribution in [0.5, 0.6) is 0 Å². The van der Waals surface area contributed by atoms with E-state index in [-0.39, 0.29) is 5.91 Å². The Bertz CT molecular complexity index is 757. The van der Waals surface area contributed by atoms with Crippen LogP contribution in [0.4, 0.5) is 0 Å². The molecule has 2 heterocycles. The van der Waals surface area contributed by atoms with Gasteiger partial charge in [-0.1, -0.05) is 50.3 Å². The summed E-state index contributed by atoms with van der Waals surface area (Å²) < 4.78 is 11.0.